The third-order valence-corrected chi connectivity index (χ3v) is 8.58. The van der Waals surface area contributed by atoms with Crippen LogP contribution in [0.3, 0.4) is 0 Å². The summed E-state index contributed by atoms with van der Waals surface area (Å²) in [7, 11) is 0. The van der Waals surface area contributed by atoms with E-state index in [1.165, 1.54) is 12.8 Å². The first-order valence-corrected chi connectivity index (χ1v) is 14.3. The fourth-order valence-electron chi connectivity index (χ4n) is 6.82. The average molecular weight is 516 g/mol. The Hall–Kier alpha value is -1.55. The quantitative estimate of drug-likeness (QED) is 0.544. The molecule has 37 heavy (non-hydrogen) atoms. The largest absolute Gasteiger partial charge is 0.363 e. The Labute approximate surface area is 219 Å². The lowest BCUT2D eigenvalue weighted by Gasteiger charge is -2.36. The highest BCUT2D eigenvalue weighted by Gasteiger charge is 2.61. The molecule has 2 spiro atoms. The molecule has 5 fully saturated rings. The van der Waals surface area contributed by atoms with Crippen LogP contribution in [0.1, 0.15) is 78.1 Å². The van der Waals surface area contributed by atoms with Crippen LogP contribution in [0.25, 0.3) is 0 Å². The normalized spacial score (nSPS) is 34.3. The summed E-state index contributed by atoms with van der Waals surface area (Å²) in [5, 5.41) is 0. The molecule has 1 amide bonds. The van der Waals surface area contributed by atoms with Crippen molar-refractivity contribution in [1.82, 2.24) is 0 Å². The summed E-state index contributed by atoms with van der Waals surface area (Å²) >= 11 is 0. The first-order valence-electron chi connectivity index (χ1n) is 14.3. The molecule has 5 aliphatic rings. The molecule has 0 radical (unpaired) electrons. The Balaban J connectivity index is 1.19. The molecule has 8 nitrogen and oxygen atoms in total. The number of anilines is 1. The van der Waals surface area contributed by atoms with Crippen molar-refractivity contribution < 1.29 is 33.2 Å². The molecule has 0 N–H and O–H groups in total. The summed E-state index contributed by atoms with van der Waals surface area (Å²) in [6.07, 6.45) is 8.22. The Bertz CT molecular complexity index is 927. The van der Waals surface area contributed by atoms with Gasteiger partial charge in [-0.15, -0.1) is 0 Å². The van der Waals surface area contributed by atoms with Gasteiger partial charge in [0, 0.05) is 37.4 Å². The van der Waals surface area contributed by atoms with Gasteiger partial charge in [-0.2, -0.15) is 0 Å². The molecule has 2 saturated carbocycles. The summed E-state index contributed by atoms with van der Waals surface area (Å²) in [4.78, 5) is 15.2. The molecule has 6 rings (SSSR count). The molecule has 5 atom stereocenters. The van der Waals surface area contributed by atoms with Gasteiger partial charge in [-0.25, -0.2) is 0 Å². The first kappa shape index (κ1) is 25.7. The van der Waals surface area contributed by atoms with Crippen molar-refractivity contribution in [1.29, 1.82) is 0 Å². The van der Waals surface area contributed by atoms with Crippen LogP contribution in [0, 0.1) is 0 Å². The topological polar surface area (TPSA) is 75.7 Å². The lowest BCUT2D eigenvalue weighted by Crippen LogP contribution is -2.47. The highest BCUT2D eigenvalue weighted by atomic mass is 16.9. The van der Waals surface area contributed by atoms with Crippen LogP contribution in [0.5, 0.6) is 0 Å². The minimum atomic E-state index is -0.601. The van der Waals surface area contributed by atoms with E-state index in [0.717, 1.165) is 57.1 Å². The van der Waals surface area contributed by atoms with E-state index in [4.69, 9.17) is 28.4 Å². The van der Waals surface area contributed by atoms with Crippen molar-refractivity contribution in [3.05, 3.63) is 30.3 Å². The van der Waals surface area contributed by atoms with Gasteiger partial charge in [-0.1, -0.05) is 31.0 Å². The number of amides is 1. The zero-order valence-corrected chi connectivity index (χ0v) is 22.1. The van der Waals surface area contributed by atoms with Crippen LogP contribution >= 0.6 is 0 Å². The van der Waals surface area contributed by atoms with E-state index < -0.39 is 36.2 Å². The van der Waals surface area contributed by atoms with Gasteiger partial charge in [-0.05, 0) is 51.7 Å². The number of carbonyl (C=O) groups is 1. The molecule has 1 aromatic carbocycles. The minimum Gasteiger partial charge on any atom is -0.363 e. The lowest BCUT2D eigenvalue weighted by molar-refractivity contribution is -0.262. The number of para-hydroxylation sites is 1. The second-order valence-corrected chi connectivity index (χ2v) is 11.5. The number of rotatable bonds is 6. The standard InChI is InChI=1S/C29H41NO7/c1-20(2)30(21-12-6-3-7-13-21)23(31)19-32-25-24(22-18-33-28(35-22)14-8-4-9-15-28)34-27-26(25)36-29(37-27)16-10-5-11-17-29/h3,6-7,12-13,20,22,24-27H,4-5,8-11,14-19H2,1-2H3/t22-,24-,25+,26-,27-/m0/s1. The number of nitrogens with zero attached hydrogens (tertiary/aromatic N) is 1. The van der Waals surface area contributed by atoms with Gasteiger partial charge in [0.1, 0.15) is 31.0 Å². The number of fused-ring (bicyclic) bond motifs is 1. The fourth-order valence-corrected chi connectivity index (χ4v) is 6.82. The van der Waals surface area contributed by atoms with Crippen molar-refractivity contribution in [3.63, 3.8) is 0 Å². The summed E-state index contributed by atoms with van der Waals surface area (Å²) in [5.41, 5.74) is 0.858. The van der Waals surface area contributed by atoms with Gasteiger partial charge in [0.15, 0.2) is 17.9 Å². The molecule has 204 valence electrons. The molecular weight excluding hydrogens is 474 g/mol. The molecule has 0 aromatic heterocycles. The second kappa shape index (κ2) is 10.5. The molecule has 3 saturated heterocycles. The van der Waals surface area contributed by atoms with Gasteiger partial charge in [0.05, 0.1) is 6.61 Å². The molecule has 1 aromatic rings. The third-order valence-electron chi connectivity index (χ3n) is 8.58. The lowest BCUT2D eigenvalue weighted by atomic mass is 9.94. The van der Waals surface area contributed by atoms with Gasteiger partial charge < -0.3 is 33.3 Å². The third kappa shape index (κ3) is 5.09. The van der Waals surface area contributed by atoms with Gasteiger partial charge in [0.25, 0.3) is 5.91 Å². The van der Waals surface area contributed by atoms with Crippen LogP contribution in [0.4, 0.5) is 5.69 Å². The smallest absolute Gasteiger partial charge is 0.253 e. The van der Waals surface area contributed by atoms with E-state index >= 15 is 0 Å². The number of hydrogen-bond donors (Lipinski definition) is 0. The van der Waals surface area contributed by atoms with E-state index in [-0.39, 0.29) is 24.7 Å². The maximum Gasteiger partial charge on any atom is 0.253 e. The Morgan fingerprint density at radius 1 is 0.919 bits per heavy atom. The van der Waals surface area contributed by atoms with E-state index in [2.05, 4.69) is 0 Å². The second-order valence-electron chi connectivity index (χ2n) is 11.5. The summed E-state index contributed by atoms with van der Waals surface area (Å²) in [5.74, 6) is -1.21. The predicted octanol–water partition coefficient (Wildman–Crippen LogP) is 4.69. The zero-order valence-electron chi connectivity index (χ0n) is 22.1. The zero-order chi connectivity index (χ0) is 25.5. The number of carbonyl (C=O) groups excluding carboxylic acids is 1. The van der Waals surface area contributed by atoms with E-state index in [1.807, 2.05) is 44.2 Å². The maximum absolute atomic E-state index is 13.4. The van der Waals surface area contributed by atoms with E-state index in [9.17, 15) is 4.79 Å². The number of ether oxygens (including phenoxy) is 6. The van der Waals surface area contributed by atoms with E-state index in [0.29, 0.717) is 6.61 Å². The van der Waals surface area contributed by atoms with Gasteiger partial charge >= 0.3 is 0 Å². The average Bonchev–Trinajstić information content (AvgIpc) is 3.55. The Morgan fingerprint density at radius 2 is 1.59 bits per heavy atom. The highest BCUT2D eigenvalue weighted by Crippen LogP contribution is 2.48. The molecule has 0 bridgehead atoms. The SMILES string of the molecule is CC(C)N(C(=O)CO[C@H]1[C@@H]2OC3(CCCCC3)O[C@@H]2O[C@H]1[C@@H]1COC2(CCCCC2)O1)c1ccccc1. The predicted molar refractivity (Wildman–Crippen MR) is 136 cm³/mol. The summed E-state index contributed by atoms with van der Waals surface area (Å²) in [6, 6.07) is 9.72. The summed E-state index contributed by atoms with van der Waals surface area (Å²) in [6.45, 7) is 4.40. The Kier molecular flexibility index (Phi) is 7.33. The molecule has 2 aliphatic carbocycles. The van der Waals surface area contributed by atoms with Crippen LogP contribution in [0.15, 0.2) is 30.3 Å². The maximum atomic E-state index is 13.4. The molecular formula is C29H41NO7. The van der Waals surface area contributed by atoms with Crippen molar-refractivity contribution in [2.75, 3.05) is 18.1 Å². The molecule has 0 unspecified atom stereocenters. The Morgan fingerprint density at radius 3 is 2.27 bits per heavy atom. The molecule has 3 aliphatic heterocycles. The molecule has 8 heteroatoms. The number of benzene rings is 1. The molecule has 3 heterocycles. The van der Waals surface area contributed by atoms with Crippen LogP contribution in [-0.2, 0) is 33.2 Å². The van der Waals surface area contributed by atoms with Crippen molar-refractivity contribution in [2.45, 2.75) is 126 Å². The van der Waals surface area contributed by atoms with Crippen LogP contribution in [-0.4, -0.2) is 67.4 Å². The van der Waals surface area contributed by atoms with Crippen molar-refractivity contribution in [3.8, 4) is 0 Å². The first-order chi connectivity index (χ1) is 18.0. The van der Waals surface area contributed by atoms with Crippen LogP contribution < -0.4 is 4.90 Å². The highest BCUT2D eigenvalue weighted by molar-refractivity contribution is 5.94. The minimum absolute atomic E-state index is 0.00355. The van der Waals surface area contributed by atoms with Gasteiger partial charge in [-0.3, -0.25) is 4.79 Å². The van der Waals surface area contributed by atoms with Gasteiger partial charge in [0.2, 0.25) is 0 Å². The van der Waals surface area contributed by atoms with Crippen molar-refractivity contribution >= 4 is 11.6 Å². The van der Waals surface area contributed by atoms with E-state index in [1.54, 1.807) is 4.90 Å². The fraction of sp³-hybridized carbons (Fsp3) is 0.759. The monoisotopic (exact) mass is 515 g/mol. The van der Waals surface area contributed by atoms with Crippen LogP contribution in [0.2, 0.25) is 0 Å². The summed E-state index contributed by atoms with van der Waals surface area (Å²) < 4.78 is 38.6. The van der Waals surface area contributed by atoms with Crippen molar-refractivity contribution in [2.24, 2.45) is 0 Å². The number of hydrogen-bond acceptors (Lipinski definition) is 7.